The average molecular weight is 304 g/mol. The Kier molecular flexibility index (Phi) is 5.83. The van der Waals surface area contributed by atoms with Gasteiger partial charge in [0.1, 0.15) is 0 Å². The lowest BCUT2D eigenvalue weighted by Gasteiger charge is -2.20. The van der Waals surface area contributed by atoms with E-state index in [4.69, 9.17) is 11.6 Å². The summed E-state index contributed by atoms with van der Waals surface area (Å²) in [6.45, 7) is 6.28. The van der Waals surface area contributed by atoms with Crippen molar-refractivity contribution in [2.24, 2.45) is 5.92 Å². The third-order valence-corrected chi connectivity index (χ3v) is 5.72. The number of sulfonamides is 1. The minimum absolute atomic E-state index is 0.0340. The molecule has 3 nitrogen and oxygen atoms in total. The van der Waals surface area contributed by atoms with E-state index in [0.717, 1.165) is 11.1 Å². The Labute approximate surface area is 121 Å². The second-order valence-corrected chi connectivity index (χ2v) is 7.65. The van der Waals surface area contributed by atoms with Crippen LogP contribution in [-0.4, -0.2) is 31.4 Å². The standard InChI is InChI=1S/C14H22ClNO2S/c1-11-5-6-14(13(3)7-11)9-16(4)19(17,18)10-12(2)8-15/h5-7,12H,8-10H2,1-4H3. The van der Waals surface area contributed by atoms with Crippen molar-refractivity contribution in [2.45, 2.75) is 27.3 Å². The third-order valence-electron chi connectivity index (χ3n) is 3.12. The molecule has 0 spiro atoms. The van der Waals surface area contributed by atoms with E-state index in [1.54, 1.807) is 7.05 Å². The summed E-state index contributed by atoms with van der Waals surface area (Å²) >= 11 is 5.68. The molecule has 0 saturated carbocycles. The summed E-state index contributed by atoms with van der Waals surface area (Å²) in [5.41, 5.74) is 3.34. The van der Waals surface area contributed by atoms with Crippen molar-refractivity contribution in [3.05, 3.63) is 34.9 Å². The van der Waals surface area contributed by atoms with Crippen molar-refractivity contribution < 1.29 is 8.42 Å². The minimum atomic E-state index is -3.25. The summed E-state index contributed by atoms with van der Waals surface area (Å²) in [4.78, 5) is 0. The molecule has 0 aliphatic rings. The summed E-state index contributed by atoms with van der Waals surface area (Å²) in [6, 6.07) is 6.06. The summed E-state index contributed by atoms with van der Waals surface area (Å²) < 4.78 is 25.7. The van der Waals surface area contributed by atoms with Crippen molar-refractivity contribution in [1.29, 1.82) is 0 Å². The van der Waals surface area contributed by atoms with E-state index in [2.05, 4.69) is 6.07 Å². The van der Waals surface area contributed by atoms with Gasteiger partial charge in [0.2, 0.25) is 10.0 Å². The highest BCUT2D eigenvalue weighted by Gasteiger charge is 2.21. The Morgan fingerprint density at radius 3 is 2.47 bits per heavy atom. The Balaban J connectivity index is 2.81. The molecule has 1 rings (SSSR count). The van der Waals surface area contributed by atoms with Crippen LogP contribution in [0, 0.1) is 19.8 Å². The fourth-order valence-electron chi connectivity index (χ4n) is 1.89. The van der Waals surface area contributed by atoms with E-state index in [1.807, 2.05) is 32.9 Å². The highest BCUT2D eigenvalue weighted by atomic mass is 35.5. The smallest absolute Gasteiger partial charge is 0.212 e. The van der Waals surface area contributed by atoms with Gasteiger partial charge in [-0.05, 0) is 30.9 Å². The SMILES string of the molecule is Cc1ccc(CN(C)S(=O)(=O)CC(C)CCl)c(C)c1. The van der Waals surface area contributed by atoms with Gasteiger partial charge in [-0.25, -0.2) is 12.7 Å². The Morgan fingerprint density at radius 1 is 1.32 bits per heavy atom. The van der Waals surface area contributed by atoms with Gasteiger partial charge in [0, 0.05) is 19.5 Å². The largest absolute Gasteiger partial charge is 0.214 e. The summed E-state index contributed by atoms with van der Waals surface area (Å²) in [5, 5.41) is 0. The van der Waals surface area contributed by atoms with Crippen molar-refractivity contribution in [3.8, 4) is 0 Å². The lowest BCUT2D eigenvalue weighted by atomic mass is 10.1. The average Bonchev–Trinajstić information content (AvgIpc) is 2.31. The van der Waals surface area contributed by atoms with Crippen LogP contribution in [-0.2, 0) is 16.6 Å². The van der Waals surface area contributed by atoms with Gasteiger partial charge in [-0.3, -0.25) is 0 Å². The second-order valence-electron chi connectivity index (χ2n) is 5.22. The molecule has 0 radical (unpaired) electrons. The first kappa shape index (κ1) is 16.5. The van der Waals surface area contributed by atoms with Gasteiger partial charge in [0.05, 0.1) is 5.75 Å². The first-order valence-corrected chi connectivity index (χ1v) is 8.46. The summed E-state index contributed by atoms with van der Waals surface area (Å²) in [5.74, 6) is 0.419. The van der Waals surface area contributed by atoms with Crippen molar-refractivity contribution in [3.63, 3.8) is 0 Å². The van der Waals surface area contributed by atoms with Crippen LogP contribution in [0.2, 0.25) is 0 Å². The molecule has 0 aliphatic carbocycles. The number of aryl methyl sites for hydroxylation is 2. The van der Waals surface area contributed by atoms with Gasteiger partial charge in [-0.1, -0.05) is 30.7 Å². The number of alkyl halides is 1. The van der Waals surface area contributed by atoms with Crippen LogP contribution in [0.4, 0.5) is 0 Å². The van der Waals surface area contributed by atoms with E-state index < -0.39 is 10.0 Å². The highest BCUT2D eigenvalue weighted by Crippen LogP contribution is 2.15. The molecule has 19 heavy (non-hydrogen) atoms. The molecule has 0 aromatic heterocycles. The Bertz CT molecular complexity index is 528. The molecular formula is C14H22ClNO2S. The zero-order chi connectivity index (χ0) is 14.6. The van der Waals surface area contributed by atoms with Crippen molar-refractivity contribution in [1.82, 2.24) is 4.31 Å². The number of hydrogen-bond acceptors (Lipinski definition) is 2. The molecule has 0 bridgehead atoms. The molecular weight excluding hydrogens is 282 g/mol. The Morgan fingerprint density at radius 2 is 1.95 bits per heavy atom. The highest BCUT2D eigenvalue weighted by molar-refractivity contribution is 7.89. The van der Waals surface area contributed by atoms with Gasteiger partial charge < -0.3 is 0 Å². The lowest BCUT2D eigenvalue weighted by Crippen LogP contribution is -2.31. The second kappa shape index (κ2) is 6.73. The maximum absolute atomic E-state index is 12.1. The van der Waals surface area contributed by atoms with Crippen LogP contribution < -0.4 is 0 Å². The topological polar surface area (TPSA) is 37.4 Å². The monoisotopic (exact) mass is 303 g/mol. The van der Waals surface area contributed by atoms with E-state index >= 15 is 0 Å². The number of rotatable bonds is 6. The van der Waals surface area contributed by atoms with Crippen LogP contribution in [0.1, 0.15) is 23.6 Å². The van der Waals surface area contributed by atoms with Gasteiger partial charge >= 0.3 is 0 Å². The van der Waals surface area contributed by atoms with Crippen molar-refractivity contribution >= 4 is 21.6 Å². The van der Waals surface area contributed by atoms with E-state index in [0.29, 0.717) is 12.4 Å². The van der Waals surface area contributed by atoms with Crippen LogP contribution in [0.15, 0.2) is 18.2 Å². The van der Waals surface area contributed by atoms with Crippen LogP contribution >= 0.6 is 11.6 Å². The summed E-state index contributed by atoms with van der Waals surface area (Å²) in [7, 11) is -1.63. The number of nitrogens with zero attached hydrogens (tertiary/aromatic N) is 1. The maximum atomic E-state index is 12.1. The van der Waals surface area contributed by atoms with E-state index in [9.17, 15) is 8.42 Å². The molecule has 0 N–H and O–H groups in total. The minimum Gasteiger partial charge on any atom is -0.212 e. The van der Waals surface area contributed by atoms with E-state index in [-0.39, 0.29) is 11.7 Å². The number of halogens is 1. The Hall–Kier alpha value is -0.580. The quantitative estimate of drug-likeness (QED) is 0.758. The predicted molar refractivity (Wildman–Crippen MR) is 81.1 cm³/mol. The van der Waals surface area contributed by atoms with Crippen LogP contribution in [0.25, 0.3) is 0 Å². The molecule has 0 amide bonds. The predicted octanol–water partition coefficient (Wildman–Crippen LogP) is 2.94. The molecule has 1 aromatic rings. The first-order valence-electron chi connectivity index (χ1n) is 6.32. The summed E-state index contributed by atoms with van der Waals surface area (Å²) in [6.07, 6.45) is 0. The third kappa shape index (κ3) is 4.79. The molecule has 1 atom stereocenters. The molecule has 5 heteroatoms. The van der Waals surface area contributed by atoms with Gasteiger partial charge in [-0.2, -0.15) is 0 Å². The van der Waals surface area contributed by atoms with Crippen molar-refractivity contribution in [2.75, 3.05) is 18.7 Å². The normalized spacial score (nSPS) is 13.8. The molecule has 0 heterocycles. The van der Waals surface area contributed by atoms with Crippen LogP contribution in [0.5, 0.6) is 0 Å². The van der Waals surface area contributed by atoms with Crippen LogP contribution in [0.3, 0.4) is 0 Å². The van der Waals surface area contributed by atoms with E-state index in [1.165, 1.54) is 9.87 Å². The number of benzene rings is 1. The molecule has 1 unspecified atom stereocenters. The number of hydrogen-bond donors (Lipinski definition) is 0. The molecule has 0 aliphatic heterocycles. The zero-order valence-corrected chi connectivity index (χ0v) is 13.6. The molecule has 1 aromatic carbocycles. The fraction of sp³-hybridized carbons (Fsp3) is 0.571. The molecule has 0 saturated heterocycles. The molecule has 108 valence electrons. The van der Waals surface area contributed by atoms with Gasteiger partial charge in [-0.15, -0.1) is 11.6 Å². The first-order chi connectivity index (χ1) is 8.76. The van der Waals surface area contributed by atoms with Gasteiger partial charge in [0.25, 0.3) is 0 Å². The zero-order valence-electron chi connectivity index (χ0n) is 12.0. The lowest BCUT2D eigenvalue weighted by molar-refractivity contribution is 0.459. The fourth-order valence-corrected chi connectivity index (χ4v) is 3.56. The molecule has 0 fully saturated rings. The van der Waals surface area contributed by atoms with Gasteiger partial charge in [0.15, 0.2) is 0 Å². The maximum Gasteiger partial charge on any atom is 0.214 e.